The molecule has 23 heavy (non-hydrogen) atoms. The Morgan fingerprint density at radius 1 is 1.30 bits per heavy atom. The van der Waals surface area contributed by atoms with Crippen molar-refractivity contribution in [1.29, 1.82) is 0 Å². The summed E-state index contributed by atoms with van der Waals surface area (Å²) >= 11 is 0. The summed E-state index contributed by atoms with van der Waals surface area (Å²) in [5.41, 5.74) is -4.59. The van der Waals surface area contributed by atoms with E-state index in [-0.39, 0.29) is 18.1 Å². The molecule has 0 amide bonds. The molecular formula is C12H11F4N3O3S. The molecule has 0 spiro atoms. The van der Waals surface area contributed by atoms with Gasteiger partial charge in [0.05, 0.1) is 0 Å². The van der Waals surface area contributed by atoms with Gasteiger partial charge in [0.25, 0.3) is 0 Å². The molecule has 0 fully saturated rings. The number of alkyl halides is 2. The van der Waals surface area contributed by atoms with Gasteiger partial charge in [0, 0.05) is 24.3 Å². The molecule has 0 radical (unpaired) electrons. The number of aromatic amines is 1. The molecule has 0 unspecified atom stereocenters. The Bertz CT molecular complexity index is 811. The maximum Gasteiger partial charge on any atom is 0.377 e. The van der Waals surface area contributed by atoms with Gasteiger partial charge in [-0.15, -0.1) is 0 Å². The van der Waals surface area contributed by atoms with E-state index in [0.29, 0.717) is 12.1 Å². The highest BCUT2D eigenvalue weighted by molar-refractivity contribution is 7.91. The summed E-state index contributed by atoms with van der Waals surface area (Å²) in [4.78, 5) is 3.52. The number of hydrogen-bond acceptors (Lipinski definition) is 5. The largest absolute Gasteiger partial charge is 0.377 e. The lowest BCUT2D eigenvalue weighted by Gasteiger charge is -2.34. The fourth-order valence-electron chi connectivity index (χ4n) is 2.04. The molecule has 0 aliphatic carbocycles. The second kappa shape index (κ2) is 5.57. The van der Waals surface area contributed by atoms with Crippen molar-refractivity contribution in [3.05, 3.63) is 47.5 Å². The van der Waals surface area contributed by atoms with Gasteiger partial charge in [0.2, 0.25) is 9.84 Å². The molecule has 11 heteroatoms. The van der Waals surface area contributed by atoms with Gasteiger partial charge < -0.3 is 5.11 Å². The second-order valence-corrected chi connectivity index (χ2v) is 6.94. The molecule has 2 aromatic rings. The van der Waals surface area contributed by atoms with E-state index in [4.69, 9.17) is 0 Å². The molecule has 0 aliphatic rings. The van der Waals surface area contributed by atoms with Crippen molar-refractivity contribution in [2.24, 2.45) is 0 Å². The van der Waals surface area contributed by atoms with Crippen LogP contribution < -0.4 is 0 Å². The van der Waals surface area contributed by atoms with Crippen LogP contribution in [0.4, 0.5) is 17.6 Å². The number of aromatic nitrogens is 3. The smallest absolute Gasteiger partial charge is 0.377 e. The van der Waals surface area contributed by atoms with Gasteiger partial charge in [-0.05, 0) is 6.07 Å². The minimum atomic E-state index is -5.14. The number of rotatable bonds is 5. The summed E-state index contributed by atoms with van der Waals surface area (Å²) in [5.74, 6) is -2.90. The minimum Gasteiger partial charge on any atom is -0.377 e. The van der Waals surface area contributed by atoms with E-state index in [9.17, 15) is 31.1 Å². The number of halogens is 4. The number of benzene rings is 1. The number of H-pyrrole nitrogens is 1. The molecule has 126 valence electrons. The molecule has 0 aliphatic heterocycles. The molecule has 6 nitrogen and oxygen atoms in total. The lowest BCUT2D eigenvalue weighted by Crippen LogP contribution is -2.52. The average Bonchev–Trinajstić information content (AvgIpc) is 2.89. The van der Waals surface area contributed by atoms with E-state index in [1.165, 1.54) is 0 Å². The third-order valence-corrected chi connectivity index (χ3v) is 4.48. The normalized spacial score (nSPS) is 15.4. The highest BCUT2D eigenvalue weighted by atomic mass is 32.2. The zero-order valence-corrected chi connectivity index (χ0v) is 12.4. The Morgan fingerprint density at radius 3 is 2.43 bits per heavy atom. The van der Waals surface area contributed by atoms with Crippen molar-refractivity contribution in [3.8, 4) is 0 Å². The summed E-state index contributed by atoms with van der Waals surface area (Å²) in [7, 11) is -5.14. The van der Waals surface area contributed by atoms with Gasteiger partial charge in [-0.3, -0.25) is 5.10 Å². The van der Waals surface area contributed by atoms with E-state index in [0.717, 1.165) is 6.33 Å². The van der Waals surface area contributed by atoms with Crippen LogP contribution in [0.25, 0.3) is 0 Å². The van der Waals surface area contributed by atoms with Crippen LogP contribution in [-0.4, -0.2) is 40.2 Å². The van der Waals surface area contributed by atoms with Crippen LogP contribution in [0.1, 0.15) is 11.4 Å². The summed E-state index contributed by atoms with van der Waals surface area (Å²) in [6.45, 7) is 0. The van der Waals surface area contributed by atoms with E-state index >= 15 is 0 Å². The first-order valence-corrected chi connectivity index (χ1v) is 7.98. The molecule has 2 N–H and O–H groups in total. The van der Waals surface area contributed by atoms with Gasteiger partial charge in [0.15, 0.2) is 5.60 Å². The van der Waals surface area contributed by atoms with Crippen molar-refractivity contribution in [3.63, 3.8) is 0 Å². The van der Waals surface area contributed by atoms with Crippen molar-refractivity contribution in [2.45, 2.75) is 17.3 Å². The second-order valence-electron chi connectivity index (χ2n) is 4.88. The summed E-state index contributed by atoms with van der Waals surface area (Å²) < 4.78 is 78.5. The molecule has 1 heterocycles. The van der Waals surface area contributed by atoms with Crippen molar-refractivity contribution in [2.75, 3.05) is 6.26 Å². The average molecular weight is 353 g/mol. The Morgan fingerprint density at radius 2 is 1.96 bits per heavy atom. The monoisotopic (exact) mass is 353 g/mol. The van der Waals surface area contributed by atoms with Crippen molar-refractivity contribution < 1.29 is 31.1 Å². The van der Waals surface area contributed by atoms with Crippen LogP contribution >= 0.6 is 0 Å². The molecule has 0 saturated carbocycles. The third kappa shape index (κ3) is 2.93. The summed E-state index contributed by atoms with van der Waals surface area (Å²) in [5, 5.41) is 11.2. The Kier molecular flexibility index (Phi) is 4.20. The lowest BCUT2D eigenvalue weighted by molar-refractivity contribution is -0.134. The fraction of sp³-hybridized carbons (Fsp3) is 0.333. The fourth-order valence-corrected chi connectivity index (χ4v) is 2.84. The summed E-state index contributed by atoms with van der Waals surface area (Å²) in [6.07, 6.45) is 0.0464. The molecule has 0 saturated heterocycles. The van der Waals surface area contributed by atoms with Crippen molar-refractivity contribution >= 4 is 9.84 Å². The number of nitrogens with zero attached hydrogens (tertiary/aromatic N) is 2. The predicted molar refractivity (Wildman–Crippen MR) is 70.1 cm³/mol. The maximum absolute atomic E-state index is 14.4. The van der Waals surface area contributed by atoms with Gasteiger partial charge in [-0.2, -0.15) is 13.9 Å². The topological polar surface area (TPSA) is 95.9 Å². The Balaban J connectivity index is 2.69. The van der Waals surface area contributed by atoms with Crippen LogP contribution in [-0.2, 0) is 21.9 Å². The Labute approximate surface area is 128 Å². The van der Waals surface area contributed by atoms with Crippen LogP contribution in [0.15, 0.2) is 24.5 Å². The first-order valence-electron chi connectivity index (χ1n) is 6.08. The molecular weight excluding hydrogens is 342 g/mol. The third-order valence-electron chi connectivity index (χ3n) is 3.21. The number of aliphatic hydroxyl groups is 1. The van der Waals surface area contributed by atoms with Crippen molar-refractivity contribution in [1.82, 2.24) is 15.2 Å². The predicted octanol–water partition coefficient (Wildman–Crippen LogP) is 1.15. The number of nitrogens with one attached hydrogen (secondary N) is 1. The van der Waals surface area contributed by atoms with E-state index in [2.05, 4.69) is 15.2 Å². The van der Waals surface area contributed by atoms with Crippen LogP contribution in [0, 0.1) is 11.6 Å². The van der Waals surface area contributed by atoms with Crippen LogP contribution in [0.3, 0.4) is 0 Å². The van der Waals surface area contributed by atoms with E-state index in [1.807, 2.05) is 0 Å². The highest BCUT2D eigenvalue weighted by Crippen LogP contribution is 2.44. The SMILES string of the molecule is CS(=O)(=O)C(F)(F)[C@](O)(Cc1ncn[nH]1)c1ccc(F)cc1F. The number of hydrogen-bond donors (Lipinski definition) is 2. The highest BCUT2D eigenvalue weighted by Gasteiger charge is 2.62. The van der Waals surface area contributed by atoms with Gasteiger partial charge in [0.1, 0.15) is 23.8 Å². The van der Waals surface area contributed by atoms with Gasteiger partial charge >= 0.3 is 5.25 Å². The molecule has 1 aromatic heterocycles. The zero-order chi connectivity index (χ0) is 17.5. The molecule has 1 aromatic carbocycles. The number of sulfone groups is 1. The lowest BCUT2D eigenvalue weighted by atomic mass is 9.89. The van der Waals surface area contributed by atoms with E-state index in [1.54, 1.807) is 0 Å². The standard InChI is InChI=1S/C12H11F4N3O3S/c1-23(21,22)12(15,16)11(20,5-10-17-6-18-19-10)8-3-2-7(13)4-9(8)14/h2-4,6,20H,5H2,1H3,(H,17,18,19)/t11-/m0/s1. The quantitative estimate of drug-likeness (QED) is 0.786. The summed E-state index contributed by atoms with van der Waals surface area (Å²) in [6, 6.07) is 1.45. The molecule has 1 atom stereocenters. The van der Waals surface area contributed by atoms with Gasteiger partial charge in [-0.1, -0.05) is 6.07 Å². The Hall–Kier alpha value is -2.01. The van der Waals surface area contributed by atoms with E-state index < -0.39 is 44.3 Å². The zero-order valence-electron chi connectivity index (χ0n) is 11.6. The van der Waals surface area contributed by atoms with Crippen LogP contribution in [0.5, 0.6) is 0 Å². The first kappa shape index (κ1) is 17.3. The first-order chi connectivity index (χ1) is 10.5. The molecule has 0 bridgehead atoms. The van der Waals surface area contributed by atoms with Crippen LogP contribution in [0.2, 0.25) is 0 Å². The van der Waals surface area contributed by atoms with Gasteiger partial charge in [-0.25, -0.2) is 22.2 Å². The minimum absolute atomic E-state index is 0.194. The maximum atomic E-state index is 14.4. The molecule has 2 rings (SSSR count).